The van der Waals surface area contributed by atoms with Gasteiger partial charge in [-0.05, 0) is 58.9 Å². The van der Waals surface area contributed by atoms with E-state index in [9.17, 15) is 5.26 Å². The molecule has 1 heterocycles. The lowest BCUT2D eigenvalue weighted by Crippen LogP contribution is -2.56. The van der Waals surface area contributed by atoms with E-state index in [1.165, 1.54) is 19.3 Å². The Labute approximate surface area is 123 Å². The monoisotopic (exact) mass is 279 g/mol. The fourth-order valence-electron chi connectivity index (χ4n) is 3.87. The number of hydrogen-bond donors (Lipinski definition) is 1. The average molecular weight is 279 g/mol. The molecule has 0 bridgehead atoms. The highest BCUT2D eigenvalue weighted by Gasteiger charge is 2.39. The summed E-state index contributed by atoms with van der Waals surface area (Å²) in [6.45, 7) is 6.45. The molecule has 0 radical (unpaired) electrons. The standard InChI is InChI=1S/C16H29N3O/c1-13(2)18-16(12-17)8-4-6-14(10-16)19-9-5-7-15(11-19)20-3/h13-15,18H,4-11H2,1-3H3. The quantitative estimate of drug-likeness (QED) is 0.858. The van der Waals surface area contributed by atoms with E-state index in [1.807, 2.05) is 7.11 Å². The summed E-state index contributed by atoms with van der Waals surface area (Å²) in [6.07, 6.45) is 7.07. The van der Waals surface area contributed by atoms with Crippen molar-refractivity contribution in [1.29, 1.82) is 5.26 Å². The maximum absolute atomic E-state index is 9.65. The van der Waals surface area contributed by atoms with Crippen LogP contribution >= 0.6 is 0 Å². The van der Waals surface area contributed by atoms with Crippen LogP contribution in [0.1, 0.15) is 52.4 Å². The second kappa shape index (κ2) is 6.89. The van der Waals surface area contributed by atoms with E-state index >= 15 is 0 Å². The maximum atomic E-state index is 9.65. The van der Waals surface area contributed by atoms with Crippen LogP contribution in [0.2, 0.25) is 0 Å². The highest BCUT2D eigenvalue weighted by Crippen LogP contribution is 2.32. The first kappa shape index (κ1) is 15.8. The normalized spacial score (nSPS) is 36.0. The minimum Gasteiger partial charge on any atom is -0.380 e. The molecule has 0 spiro atoms. The van der Waals surface area contributed by atoms with E-state index < -0.39 is 0 Å². The highest BCUT2D eigenvalue weighted by atomic mass is 16.5. The Balaban J connectivity index is 2.00. The van der Waals surface area contributed by atoms with Gasteiger partial charge in [-0.25, -0.2) is 0 Å². The summed E-state index contributed by atoms with van der Waals surface area (Å²) in [5.74, 6) is 0. The van der Waals surface area contributed by atoms with Crippen LogP contribution in [0.3, 0.4) is 0 Å². The van der Waals surface area contributed by atoms with Gasteiger partial charge >= 0.3 is 0 Å². The van der Waals surface area contributed by atoms with Crippen molar-refractivity contribution in [2.75, 3.05) is 20.2 Å². The summed E-state index contributed by atoms with van der Waals surface area (Å²) in [4.78, 5) is 2.56. The molecule has 20 heavy (non-hydrogen) atoms. The summed E-state index contributed by atoms with van der Waals surface area (Å²) >= 11 is 0. The summed E-state index contributed by atoms with van der Waals surface area (Å²) in [5, 5.41) is 13.2. The zero-order valence-corrected chi connectivity index (χ0v) is 13.2. The number of nitriles is 1. The third-order valence-corrected chi connectivity index (χ3v) is 4.76. The van der Waals surface area contributed by atoms with Crippen LogP contribution < -0.4 is 5.32 Å². The summed E-state index contributed by atoms with van der Waals surface area (Å²) in [7, 11) is 1.81. The number of rotatable bonds is 4. The molecular formula is C16H29N3O. The molecule has 2 fully saturated rings. The van der Waals surface area contributed by atoms with Crippen LogP contribution in [0.5, 0.6) is 0 Å². The van der Waals surface area contributed by atoms with Crippen molar-refractivity contribution >= 4 is 0 Å². The van der Waals surface area contributed by atoms with E-state index in [4.69, 9.17) is 4.74 Å². The van der Waals surface area contributed by atoms with Gasteiger partial charge in [0.25, 0.3) is 0 Å². The smallest absolute Gasteiger partial charge is 0.108 e. The predicted molar refractivity (Wildman–Crippen MR) is 80.5 cm³/mol. The van der Waals surface area contributed by atoms with E-state index in [-0.39, 0.29) is 5.54 Å². The lowest BCUT2D eigenvalue weighted by Gasteiger charge is -2.44. The van der Waals surface area contributed by atoms with Crippen molar-refractivity contribution in [2.24, 2.45) is 0 Å². The Bertz CT molecular complexity index is 352. The van der Waals surface area contributed by atoms with E-state index in [2.05, 4.69) is 30.1 Å². The molecule has 1 aliphatic carbocycles. The van der Waals surface area contributed by atoms with Gasteiger partial charge in [0.15, 0.2) is 0 Å². The second-order valence-electron chi connectivity index (χ2n) is 6.74. The van der Waals surface area contributed by atoms with Gasteiger partial charge in [-0.3, -0.25) is 10.2 Å². The largest absolute Gasteiger partial charge is 0.380 e. The predicted octanol–water partition coefficient (Wildman–Crippen LogP) is 2.30. The molecule has 0 aromatic carbocycles. The summed E-state index contributed by atoms with van der Waals surface area (Å²) < 4.78 is 5.53. The fraction of sp³-hybridized carbons (Fsp3) is 0.938. The first-order valence-corrected chi connectivity index (χ1v) is 8.04. The van der Waals surface area contributed by atoms with Crippen LogP contribution in [0.4, 0.5) is 0 Å². The van der Waals surface area contributed by atoms with Gasteiger partial charge < -0.3 is 4.74 Å². The highest BCUT2D eigenvalue weighted by molar-refractivity contribution is 5.12. The number of ether oxygens (including phenoxy) is 1. The van der Waals surface area contributed by atoms with Crippen molar-refractivity contribution < 1.29 is 4.74 Å². The topological polar surface area (TPSA) is 48.3 Å². The number of nitrogens with zero attached hydrogens (tertiary/aromatic N) is 2. The number of nitrogens with one attached hydrogen (secondary N) is 1. The van der Waals surface area contributed by atoms with Crippen LogP contribution in [0.25, 0.3) is 0 Å². The van der Waals surface area contributed by atoms with Gasteiger partial charge in [0.05, 0.1) is 12.2 Å². The third-order valence-electron chi connectivity index (χ3n) is 4.76. The van der Waals surface area contributed by atoms with Crippen molar-refractivity contribution in [3.8, 4) is 6.07 Å². The lowest BCUT2D eigenvalue weighted by atomic mass is 9.78. The van der Waals surface area contributed by atoms with Crippen molar-refractivity contribution in [3.63, 3.8) is 0 Å². The van der Waals surface area contributed by atoms with Crippen molar-refractivity contribution in [1.82, 2.24) is 10.2 Å². The summed E-state index contributed by atoms with van der Waals surface area (Å²) in [6, 6.07) is 3.47. The molecule has 0 aromatic rings. The Morgan fingerprint density at radius 2 is 2.15 bits per heavy atom. The third kappa shape index (κ3) is 3.72. The Kier molecular flexibility index (Phi) is 5.42. The number of methoxy groups -OCH3 is 1. The number of likely N-dealkylation sites (tertiary alicyclic amines) is 1. The Morgan fingerprint density at radius 3 is 2.80 bits per heavy atom. The molecule has 0 amide bonds. The second-order valence-corrected chi connectivity index (χ2v) is 6.74. The molecule has 4 heteroatoms. The molecule has 1 N–H and O–H groups in total. The number of hydrogen-bond acceptors (Lipinski definition) is 4. The minimum atomic E-state index is -0.322. The van der Waals surface area contributed by atoms with Crippen LogP contribution in [-0.2, 0) is 4.74 Å². The van der Waals surface area contributed by atoms with Gasteiger partial charge in [0.1, 0.15) is 5.54 Å². The minimum absolute atomic E-state index is 0.322. The van der Waals surface area contributed by atoms with Crippen LogP contribution in [-0.4, -0.2) is 48.8 Å². The number of piperidine rings is 1. The molecule has 2 rings (SSSR count). The lowest BCUT2D eigenvalue weighted by molar-refractivity contribution is 0.00107. The van der Waals surface area contributed by atoms with E-state index in [1.54, 1.807) is 0 Å². The molecule has 0 aromatic heterocycles. The molecule has 114 valence electrons. The van der Waals surface area contributed by atoms with Crippen molar-refractivity contribution in [3.05, 3.63) is 0 Å². The molecule has 4 nitrogen and oxygen atoms in total. The fourth-order valence-corrected chi connectivity index (χ4v) is 3.87. The molecule has 3 unspecified atom stereocenters. The van der Waals surface area contributed by atoms with Gasteiger partial charge in [-0.2, -0.15) is 5.26 Å². The molecule has 2 aliphatic rings. The maximum Gasteiger partial charge on any atom is 0.108 e. The van der Waals surface area contributed by atoms with E-state index in [0.717, 1.165) is 32.4 Å². The van der Waals surface area contributed by atoms with Crippen molar-refractivity contribution in [2.45, 2.75) is 76.1 Å². The van der Waals surface area contributed by atoms with E-state index in [0.29, 0.717) is 18.2 Å². The molecular weight excluding hydrogens is 250 g/mol. The van der Waals surface area contributed by atoms with Crippen LogP contribution in [0, 0.1) is 11.3 Å². The molecule has 1 aliphatic heterocycles. The van der Waals surface area contributed by atoms with Gasteiger partial charge in [0, 0.05) is 25.7 Å². The Morgan fingerprint density at radius 1 is 1.35 bits per heavy atom. The van der Waals surface area contributed by atoms with Gasteiger partial charge in [0.2, 0.25) is 0 Å². The summed E-state index contributed by atoms with van der Waals surface area (Å²) in [5.41, 5.74) is -0.322. The molecule has 1 saturated heterocycles. The zero-order valence-electron chi connectivity index (χ0n) is 13.2. The first-order valence-electron chi connectivity index (χ1n) is 8.04. The zero-order chi connectivity index (χ0) is 14.6. The van der Waals surface area contributed by atoms with Gasteiger partial charge in [-0.1, -0.05) is 0 Å². The van der Waals surface area contributed by atoms with Gasteiger partial charge in [-0.15, -0.1) is 0 Å². The molecule has 3 atom stereocenters. The Hall–Kier alpha value is -0.630. The SMILES string of the molecule is COC1CCCN(C2CCCC(C#N)(NC(C)C)C2)C1. The molecule has 1 saturated carbocycles. The average Bonchev–Trinajstić information content (AvgIpc) is 2.47. The van der Waals surface area contributed by atoms with Crippen LogP contribution in [0.15, 0.2) is 0 Å². The first-order chi connectivity index (χ1) is 9.58.